The maximum absolute atomic E-state index is 12.9. The maximum Gasteiger partial charge on any atom is 0.374 e. The number of hydrogen-bond donors (Lipinski definition) is 7. The van der Waals surface area contributed by atoms with E-state index in [2.05, 4.69) is 20.3 Å². The molecular weight excluding hydrogens is 544 g/mol. The van der Waals surface area contributed by atoms with E-state index in [4.69, 9.17) is 9.47 Å². The molecule has 1 aromatic carbocycles. The van der Waals surface area contributed by atoms with Crippen molar-refractivity contribution in [3.05, 3.63) is 53.7 Å². The molecule has 42 heavy (non-hydrogen) atoms. The normalized spacial score (nSPS) is 25.9. The number of aromatic amines is 2. The number of esters is 1. The number of H-pyrrole nitrogens is 2. The number of carbonyl (C=O) groups excluding carboxylic acids is 2. The number of aryl methyl sites for hydroxylation is 2. The fraction of sp³-hybridized carbons (Fsp3) is 0.567. The zero-order chi connectivity index (χ0) is 30.3. The lowest BCUT2D eigenvalue weighted by molar-refractivity contribution is -0.277. The van der Waals surface area contributed by atoms with Crippen LogP contribution in [0.3, 0.4) is 0 Å². The highest BCUT2D eigenvalue weighted by atomic mass is 16.6. The van der Waals surface area contributed by atoms with Gasteiger partial charge in [0.05, 0.1) is 5.69 Å². The lowest BCUT2D eigenvalue weighted by Gasteiger charge is -2.50. The molecule has 0 aliphatic heterocycles. The molecule has 1 saturated carbocycles. The van der Waals surface area contributed by atoms with Crippen molar-refractivity contribution in [2.24, 2.45) is 0 Å². The number of rotatable bonds is 14. The summed E-state index contributed by atoms with van der Waals surface area (Å²) in [5.74, 6) is -1.11. The first-order chi connectivity index (χ1) is 20.1. The van der Waals surface area contributed by atoms with Crippen molar-refractivity contribution in [1.29, 1.82) is 0 Å². The van der Waals surface area contributed by atoms with E-state index < -0.39 is 42.1 Å². The van der Waals surface area contributed by atoms with Crippen LogP contribution >= 0.6 is 0 Å². The van der Waals surface area contributed by atoms with Crippen LogP contribution in [0, 0.1) is 6.92 Å². The lowest BCUT2D eigenvalue weighted by atomic mass is 9.72. The Bertz CT molecular complexity index is 1330. The van der Waals surface area contributed by atoms with Crippen molar-refractivity contribution >= 4 is 22.8 Å². The molecule has 230 valence electrons. The van der Waals surface area contributed by atoms with Gasteiger partial charge in [0, 0.05) is 43.4 Å². The molecule has 1 aliphatic carbocycles. The third-order valence-corrected chi connectivity index (χ3v) is 7.92. The zero-order valence-corrected chi connectivity index (χ0v) is 24.1. The van der Waals surface area contributed by atoms with E-state index >= 15 is 0 Å². The van der Waals surface area contributed by atoms with Crippen LogP contribution in [-0.2, 0) is 20.7 Å². The number of unbranched alkanes of at least 4 members (excludes halogenated alkanes) is 4. The van der Waals surface area contributed by atoms with Gasteiger partial charge in [-0.1, -0.05) is 37.5 Å². The Hall–Kier alpha value is -3.29. The van der Waals surface area contributed by atoms with Gasteiger partial charge >= 0.3 is 5.97 Å². The second-order valence-corrected chi connectivity index (χ2v) is 11.1. The van der Waals surface area contributed by atoms with E-state index in [-0.39, 0.29) is 31.2 Å². The highest BCUT2D eigenvalue weighted by molar-refractivity contribution is 5.85. The van der Waals surface area contributed by atoms with Crippen molar-refractivity contribution in [3.63, 3.8) is 0 Å². The summed E-state index contributed by atoms with van der Waals surface area (Å²) in [4.78, 5) is 33.7. The maximum atomic E-state index is 12.9. The van der Waals surface area contributed by atoms with E-state index in [1.54, 1.807) is 6.92 Å². The van der Waals surface area contributed by atoms with Crippen molar-refractivity contribution in [3.8, 4) is 0 Å². The number of imidazole rings is 1. The average molecular weight is 587 g/mol. The fourth-order valence-electron chi connectivity index (χ4n) is 5.56. The molecule has 2 heterocycles. The van der Waals surface area contributed by atoms with Crippen molar-refractivity contribution in [2.45, 2.75) is 94.9 Å². The number of hydrogen-bond acceptors (Lipinski definition) is 9. The molecular formula is C30H42N4O8. The highest BCUT2D eigenvalue weighted by Gasteiger charge is 2.60. The lowest BCUT2D eigenvalue weighted by Crippen LogP contribution is -2.72. The van der Waals surface area contributed by atoms with Crippen molar-refractivity contribution in [2.75, 3.05) is 13.2 Å². The van der Waals surface area contributed by atoms with Gasteiger partial charge in [0.1, 0.15) is 30.0 Å². The summed E-state index contributed by atoms with van der Waals surface area (Å²) in [6, 6.07) is 7.65. The number of aliphatic hydroxyl groups excluding tert-OH is 3. The first kappa shape index (κ1) is 31.6. The topological polar surface area (TPSA) is 190 Å². The molecule has 2 aromatic heterocycles. The molecule has 0 radical (unpaired) electrons. The Morgan fingerprint density at radius 1 is 1.02 bits per heavy atom. The van der Waals surface area contributed by atoms with Crippen molar-refractivity contribution in [1.82, 2.24) is 20.3 Å². The van der Waals surface area contributed by atoms with Crippen LogP contribution in [0.25, 0.3) is 10.9 Å². The Labute approximate surface area is 244 Å². The third-order valence-electron chi connectivity index (χ3n) is 7.92. The van der Waals surface area contributed by atoms with Gasteiger partial charge in [-0.05, 0) is 44.2 Å². The minimum Gasteiger partial charge on any atom is -0.450 e. The van der Waals surface area contributed by atoms with Crippen LogP contribution < -0.4 is 5.32 Å². The molecule has 7 N–H and O–H groups in total. The number of nitrogens with one attached hydrogen (secondary N) is 3. The van der Waals surface area contributed by atoms with Crippen LogP contribution in [-0.4, -0.2) is 96.5 Å². The molecule has 12 nitrogen and oxygen atoms in total. The molecule has 0 spiro atoms. The summed E-state index contributed by atoms with van der Waals surface area (Å²) in [5, 5.41) is 49.1. The number of amides is 1. The second-order valence-electron chi connectivity index (χ2n) is 11.1. The van der Waals surface area contributed by atoms with Gasteiger partial charge in [-0.15, -0.1) is 0 Å². The minimum atomic E-state index is -2.15. The first-order valence-corrected chi connectivity index (χ1v) is 14.5. The molecule has 6 atom stereocenters. The van der Waals surface area contributed by atoms with Crippen LogP contribution in [0.2, 0.25) is 0 Å². The van der Waals surface area contributed by atoms with E-state index in [9.17, 15) is 30.0 Å². The number of fused-ring (bicyclic) bond motifs is 1. The number of nitrogens with zero attached hydrogens (tertiary/aromatic N) is 1. The van der Waals surface area contributed by atoms with Crippen LogP contribution in [0.4, 0.5) is 0 Å². The predicted octanol–water partition coefficient (Wildman–Crippen LogP) is 1.66. The number of aromatic nitrogens is 3. The molecule has 6 unspecified atom stereocenters. The van der Waals surface area contributed by atoms with E-state index in [1.807, 2.05) is 30.5 Å². The smallest absolute Gasteiger partial charge is 0.374 e. The Morgan fingerprint density at radius 3 is 2.50 bits per heavy atom. The standard InChI is InChI=1S/C30H42N4O8/c1-18-16-33-28(34-18)29(39)42-27-24(37)23(36)25(41-15-9-5-3-4-8-14-31-19(2)35)26(38)30(27,40)13-12-20-17-32-22-11-7-6-10-21(20)22/h6-7,10-11,16-17,23-27,32,36-38,40H,3-5,8-9,12-15H2,1-2H3,(H,31,35)(H,33,34). The quantitative estimate of drug-likeness (QED) is 0.109. The molecule has 0 saturated heterocycles. The van der Waals surface area contributed by atoms with Crippen LogP contribution in [0.1, 0.15) is 67.3 Å². The van der Waals surface area contributed by atoms with Gasteiger partial charge in [-0.25, -0.2) is 9.78 Å². The van der Waals surface area contributed by atoms with Gasteiger partial charge in [0.15, 0.2) is 6.10 Å². The first-order valence-electron chi connectivity index (χ1n) is 14.5. The Kier molecular flexibility index (Phi) is 10.7. The highest BCUT2D eigenvalue weighted by Crippen LogP contribution is 2.38. The molecule has 1 aliphatic rings. The molecule has 12 heteroatoms. The summed E-state index contributed by atoms with van der Waals surface area (Å²) in [5.41, 5.74) is 0.172. The number of benzene rings is 1. The number of para-hydroxylation sites is 1. The predicted molar refractivity (Wildman–Crippen MR) is 154 cm³/mol. The molecule has 1 amide bonds. The van der Waals surface area contributed by atoms with Crippen LogP contribution in [0.15, 0.2) is 36.7 Å². The Balaban J connectivity index is 1.44. The monoisotopic (exact) mass is 586 g/mol. The van der Waals surface area contributed by atoms with Crippen LogP contribution in [0.5, 0.6) is 0 Å². The summed E-state index contributed by atoms with van der Waals surface area (Å²) in [6.45, 7) is 3.98. The zero-order valence-electron chi connectivity index (χ0n) is 24.1. The number of ether oxygens (including phenoxy) is 2. The second kappa shape index (κ2) is 14.3. The van der Waals surface area contributed by atoms with E-state index in [0.717, 1.165) is 42.1 Å². The number of carbonyl (C=O) groups is 2. The van der Waals surface area contributed by atoms with Crippen molar-refractivity contribution < 1.29 is 39.5 Å². The molecule has 0 bridgehead atoms. The largest absolute Gasteiger partial charge is 0.450 e. The molecule has 1 fully saturated rings. The number of aliphatic hydroxyl groups is 4. The summed E-state index contributed by atoms with van der Waals surface area (Å²) in [6.07, 6.45) is -0.315. The summed E-state index contributed by atoms with van der Waals surface area (Å²) >= 11 is 0. The molecule has 4 rings (SSSR count). The van der Waals surface area contributed by atoms with Gasteiger partial charge < -0.3 is 45.2 Å². The Morgan fingerprint density at radius 2 is 1.76 bits per heavy atom. The average Bonchev–Trinajstić information content (AvgIpc) is 3.60. The molecule has 3 aromatic rings. The third kappa shape index (κ3) is 7.37. The van der Waals surface area contributed by atoms with Gasteiger partial charge in [0.2, 0.25) is 11.7 Å². The summed E-state index contributed by atoms with van der Waals surface area (Å²) in [7, 11) is 0. The minimum absolute atomic E-state index is 0.0512. The van der Waals surface area contributed by atoms with Gasteiger partial charge in [-0.3, -0.25) is 4.79 Å². The van der Waals surface area contributed by atoms with Gasteiger partial charge in [0.25, 0.3) is 0 Å². The van der Waals surface area contributed by atoms with E-state index in [1.165, 1.54) is 13.1 Å². The summed E-state index contributed by atoms with van der Waals surface area (Å²) < 4.78 is 11.4. The fourth-order valence-corrected chi connectivity index (χ4v) is 5.56. The van der Waals surface area contributed by atoms with E-state index in [0.29, 0.717) is 18.7 Å². The van der Waals surface area contributed by atoms with Gasteiger partial charge in [-0.2, -0.15) is 0 Å². The SMILES string of the molecule is CC(=O)NCCCCCCCOC1C(O)C(O)C(OC(=O)c2nc(C)c[nH]2)C(O)(CCc2c[nH]c3ccccc23)C1O.